The molecule has 15 heavy (non-hydrogen) atoms. The molecule has 0 aliphatic heterocycles. The van der Waals surface area contributed by atoms with E-state index >= 15 is 0 Å². The van der Waals surface area contributed by atoms with Gasteiger partial charge in [-0.25, -0.2) is 4.79 Å². The molecule has 0 aromatic carbocycles. The number of carboxylic acid groups (broad SMARTS) is 1. The van der Waals surface area contributed by atoms with Gasteiger partial charge in [-0.2, -0.15) is 0 Å². The molecule has 0 unspecified atom stereocenters. The van der Waals surface area contributed by atoms with Crippen LogP contribution in [0.1, 0.15) is 15.2 Å². The summed E-state index contributed by atoms with van der Waals surface area (Å²) in [4.78, 5) is 11.2. The van der Waals surface area contributed by atoms with Crippen molar-refractivity contribution in [3.05, 3.63) is 46.4 Å². The fourth-order valence-corrected chi connectivity index (χ4v) is 2.04. The largest absolute Gasteiger partial charge is 0.477 e. The van der Waals surface area contributed by atoms with Crippen LogP contribution in [-0.4, -0.2) is 15.8 Å². The second kappa shape index (κ2) is 4.18. The average molecular weight is 222 g/mol. The summed E-state index contributed by atoms with van der Waals surface area (Å²) >= 11 is 1.25. The number of aromatic nitrogens is 1. The number of carboxylic acids is 1. The van der Waals surface area contributed by atoms with Gasteiger partial charge < -0.3 is 10.5 Å². The van der Waals surface area contributed by atoms with Gasteiger partial charge in [0.15, 0.2) is 0 Å². The van der Waals surface area contributed by atoms with Crippen LogP contribution in [0.15, 0.2) is 36.0 Å². The second-order valence-corrected chi connectivity index (χ2v) is 3.92. The Balaban J connectivity index is 2.05. The summed E-state index contributed by atoms with van der Waals surface area (Å²) in [5, 5.41) is 10.7. The number of rotatable bonds is 4. The summed E-state index contributed by atoms with van der Waals surface area (Å²) in [7, 11) is 0. The topological polar surface area (TPSA) is 54.3 Å². The zero-order valence-electron chi connectivity index (χ0n) is 7.88. The average Bonchev–Trinajstić information content (AvgIpc) is 2.86. The van der Waals surface area contributed by atoms with Crippen LogP contribution in [0.4, 0.5) is 0 Å². The third-order valence-electron chi connectivity index (χ3n) is 2.00. The number of aromatic carboxylic acids is 1. The van der Waals surface area contributed by atoms with Crippen molar-refractivity contribution in [3.8, 4) is 0 Å². The molecular formula is C10H10N2O2S. The molecule has 2 rings (SSSR count). The summed E-state index contributed by atoms with van der Waals surface area (Å²) in [5.74, 6) is -0.866. The van der Waals surface area contributed by atoms with Crippen molar-refractivity contribution in [1.82, 2.24) is 4.68 Å². The monoisotopic (exact) mass is 222 g/mol. The Morgan fingerprint density at radius 3 is 2.87 bits per heavy atom. The van der Waals surface area contributed by atoms with E-state index in [1.54, 1.807) is 10.1 Å². The maximum Gasteiger partial charge on any atom is 0.346 e. The van der Waals surface area contributed by atoms with Crippen molar-refractivity contribution in [2.24, 2.45) is 0 Å². The molecule has 0 bridgehead atoms. The first-order valence-electron chi connectivity index (χ1n) is 4.44. The van der Waals surface area contributed by atoms with Crippen LogP contribution >= 0.6 is 11.3 Å². The maximum atomic E-state index is 10.8. The molecule has 0 spiro atoms. The molecule has 4 nitrogen and oxygen atoms in total. The van der Waals surface area contributed by atoms with Crippen molar-refractivity contribution >= 4 is 17.3 Å². The molecule has 2 heterocycles. The van der Waals surface area contributed by atoms with E-state index in [9.17, 15) is 4.79 Å². The molecule has 78 valence electrons. The van der Waals surface area contributed by atoms with Crippen LogP contribution in [-0.2, 0) is 6.54 Å². The number of hydrogen-bond donors (Lipinski definition) is 2. The van der Waals surface area contributed by atoms with E-state index in [4.69, 9.17) is 5.11 Å². The number of nitrogens with one attached hydrogen (secondary N) is 1. The predicted molar refractivity (Wildman–Crippen MR) is 58.8 cm³/mol. The van der Waals surface area contributed by atoms with Gasteiger partial charge in [-0.05, 0) is 29.1 Å². The van der Waals surface area contributed by atoms with Gasteiger partial charge in [-0.1, -0.05) is 0 Å². The van der Waals surface area contributed by atoms with Crippen molar-refractivity contribution in [3.63, 3.8) is 0 Å². The zero-order valence-corrected chi connectivity index (χ0v) is 8.70. The minimum absolute atomic E-state index is 0.398. The molecule has 0 atom stereocenters. The van der Waals surface area contributed by atoms with Crippen LogP contribution < -0.4 is 5.43 Å². The highest BCUT2D eigenvalue weighted by Gasteiger charge is 2.10. The zero-order chi connectivity index (χ0) is 10.7. The first kappa shape index (κ1) is 9.79. The van der Waals surface area contributed by atoms with Gasteiger partial charge in [0.25, 0.3) is 0 Å². The molecule has 0 aliphatic carbocycles. The quantitative estimate of drug-likeness (QED) is 0.831. The molecule has 2 aromatic rings. The summed E-state index contributed by atoms with van der Waals surface area (Å²) in [6.07, 6.45) is 3.74. The Morgan fingerprint density at radius 1 is 1.47 bits per heavy atom. The fraction of sp³-hybridized carbons (Fsp3) is 0.100. The van der Waals surface area contributed by atoms with Gasteiger partial charge in [-0.15, -0.1) is 11.3 Å². The summed E-state index contributed by atoms with van der Waals surface area (Å²) in [6.45, 7) is 0.514. The highest BCUT2D eigenvalue weighted by molar-refractivity contribution is 7.12. The lowest BCUT2D eigenvalue weighted by Gasteiger charge is -2.06. The smallest absolute Gasteiger partial charge is 0.346 e. The van der Waals surface area contributed by atoms with E-state index in [0.29, 0.717) is 11.4 Å². The summed E-state index contributed by atoms with van der Waals surface area (Å²) in [5.41, 5.74) is 3.89. The van der Waals surface area contributed by atoms with Gasteiger partial charge >= 0.3 is 5.97 Å². The Bertz CT molecular complexity index is 448. The third-order valence-corrected chi connectivity index (χ3v) is 2.94. The van der Waals surface area contributed by atoms with Gasteiger partial charge in [0.2, 0.25) is 0 Å². The van der Waals surface area contributed by atoms with Crippen molar-refractivity contribution in [2.75, 3.05) is 5.43 Å². The van der Waals surface area contributed by atoms with Crippen molar-refractivity contribution < 1.29 is 9.90 Å². The molecule has 0 saturated carbocycles. The van der Waals surface area contributed by atoms with Gasteiger partial charge in [0.1, 0.15) is 4.88 Å². The maximum absolute atomic E-state index is 10.8. The number of thiophene rings is 1. The molecular weight excluding hydrogens is 212 g/mol. The SMILES string of the molecule is O=C(O)c1sccc1CNn1cccc1. The highest BCUT2D eigenvalue weighted by atomic mass is 32.1. The summed E-state index contributed by atoms with van der Waals surface area (Å²) < 4.78 is 1.79. The van der Waals surface area contributed by atoms with E-state index in [1.165, 1.54) is 11.3 Å². The van der Waals surface area contributed by atoms with Gasteiger partial charge in [0, 0.05) is 12.4 Å². The lowest BCUT2D eigenvalue weighted by atomic mass is 10.2. The van der Waals surface area contributed by atoms with Crippen LogP contribution in [0.2, 0.25) is 0 Å². The first-order valence-corrected chi connectivity index (χ1v) is 5.32. The molecule has 0 fully saturated rings. The van der Waals surface area contributed by atoms with Crippen molar-refractivity contribution in [1.29, 1.82) is 0 Å². The molecule has 0 radical (unpaired) electrons. The number of nitrogens with zero attached hydrogens (tertiary/aromatic N) is 1. The molecule has 2 N–H and O–H groups in total. The van der Waals surface area contributed by atoms with Crippen LogP contribution in [0, 0.1) is 0 Å². The highest BCUT2D eigenvalue weighted by Crippen LogP contribution is 2.16. The Kier molecular flexibility index (Phi) is 2.73. The molecule has 2 aromatic heterocycles. The van der Waals surface area contributed by atoms with E-state index in [0.717, 1.165) is 5.56 Å². The van der Waals surface area contributed by atoms with Gasteiger partial charge in [-0.3, -0.25) is 4.68 Å². The number of carbonyl (C=O) groups is 1. The van der Waals surface area contributed by atoms with E-state index < -0.39 is 5.97 Å². The van der Waals surface area contributed by atoms with E-state index in [-0.39, 0.29) is 0 Å². The Hall–Kier alpha value is -1.75. The first-order chi connectivity index (χ1) is 7.27. The van der Waals surface area contributed by atoms with Gasteiger partial charge in [0.05, 0.1) is 6.54 Å². The summed E-state index contributed by atoms with van der Waals surface area (Å²) in [6, 6.07) is 5.63. The minimum atomic E-state index is -0.866. The molecule has 0 aliphatic rings. The second-order valence-electron chi connectivity index (χ2n) is 3.01. The normalized spacial score (nSPS) is 10.1. The van der Waals surface area contributed by atoms with E-state index in [1.807, 2.05) is 30.6 Å². The Labute approximate surface area is 90.8 Å². The third kappa shape index (κ3) is 2.19. The predicted octanol–water partition coefficient (Wildman–Crippen LogP) is 1.99. The number of hydrogen-bond acceptors (Lipinski definition) is 3. The molecule has 0 amide bonds. The van der Waals surface area contributed by atoms with Crippen LogP contribution in [0.3, 0.4) is 0 Å². The minimum Gasteiger partial charge on any atom is -0.477 e. The molecule has 0 saturated heterocycles. The fourth-order valence-electron chi connectivity index (χ4n) is 1.28. The molecule has 5 heteroatoms. The Morgan fingerprint density at radius 2 is 2.20 bits per heavy atom. The lowest BCUT2D eigenvalue weighted by molar-refractivity contribution is 0.0701. The van der Waals surface area contributed by atoms with Crippen LogP contribution in [0.25, 0.3) is 0 Å². The van der Waals surface area contributed by atoms with Crippen LogP contribution in [0.5, 0.6) is 0 Å². The standard InChI is InChI=1S/C10H10N2O2S/c13-10(14)9-8(3-6-15-9)7-11-12-4-1-2-5-12/h1-6,11H,7H2,(H,13,14). The van der Waals surface area contributed by atoms with Crippen molar-refractivity contribution in [2.45, 2.75) is 6.54 Å². The van der Waals surface area contributed by atoms with E-state index in [2.05, 4.69) is 5.43 Å². The lowest BCUT2D eigenvalue weighted by Crippen LogP contribution is -2.13.